The van der Waals surface area contributed by atoms with Crippen molar-refractivity contribution in [2.75, 3.05) is 7.11 Å². The third-order valence-electron chi connectivity index (χ3n) is 3.81. The Balaban J connectivity index is 1.71. The van der Waals surface area contributed by atoms with Gasteiger partial charge in [0.25, 0.3) is 5.91 Å². The highest BCUT2D eigenvalue weighted by Crippen LogP contribution is 2.20. The van der Waals surface area contributed by atoms with Crippen molar-refractivity contribution in [3.8, 4) is 5.75 Å². The fraction of sp³-hybridized carbons (Fsp3) is 0.111. The number of hydrazone groups is 1. The maximum absolute atomic E-state index is 12.1. The third-order valence-corrected chi connectivity index (χ3v) is 4.06. The molecule has 1 aromatic heterocycles. The maximum Gasteiger partial charge on any atom is 0.490 e. The van der Waals surface area contributed by atoms with Crippen molar-refractivity contribution in [3.05, 3.63) is 80.6 Å². The molecule has 0 fully saturated rings. The van der Waals surface area contributed by atoms with Crippen LogP contribution in [-0.2, 0) is 6.54 Å². The topological polar surface area (TPSA) is 125 Å². The van der Waals surface area contributed by atoms with Crippen LogP contribution in [0.15, 0.2) is 53.9 Å². The molecule has 1 amide bonds. The van der Waals surface area contributed by atoms with Crippen LogP contribution in [0.3, 0.4) is 0 Å². The number of nitro groups is 1. The molecule has 0 bridgehead atoms. The quantitative estimate of drug-likeness (QED) is 0.360. The normalized spacial score (nSPS) is 10.8. The number of carbonyl (C=O) groups is 1. The van der Waals surface area contributed by atoms with Crippen molar-refractivity contribution in [3.63, 3.8) is 0 Å². The van der Waals surface area contributed by atoms with Crippen molar-refractivity contribution in [2.45, 2.75) is 6.54 Å². The van der Waals surface area contributed by atoms with Crippen molar-refractivity contribution in [2.24, 2.45) is 5.10 Å². The van der Waals surface area contributed by atoms with Gasteiger partial charge in [0, 0.05) is 21.2 Å². The molecule has 0 spiro atoms. The van der Waals surface area contributed by atoms with Gasteiger partial charge in [-0.3, -0.25) is 4.79 Å². The summed E-state index contributed by atoms with van der Waals surface area (Å²) in [5.41, 5.74) is 4.26. The predicted molar refractivity (Wildman–Crippen MR) is 105 cm³/mol. The zero-order valence-electron chi connectivity index (χ0n) is 15.2. The molecule has 11 heteroatoms. The van der Waals surface area contributed by atoms with E-state index >= 15 is 0 Å². The van der Waals surface area contributed by atoms with Gasteiger partial charge in [-0.05, 0) is 53.0 Å². The molecule has 0 aliphatic heterocycles. The number of benzene rings is 2. The van der Waals surface area contributed by atoms with Gasteiger partial charge < -0.3 is 14.9 Å². The summed E-state index contributed by atoms with van der Waals surface area (Å²) < 4.78 is 6.65. The van der Waals surface area contributed by atoms with Crippen LogP contribution in [0, 0.1) is 10.1 Å². The number of hydrogen-bond donors (Lipinski definition) is 1. The number of methoxy groups -OCH3 is 1. The molecule has 0 aliphatic rings. The minimum Gasteiger partial charge on any atom is -0.496 e. The van der Waals surface area contributed by atoms with Crippen LogP contribution in [0.1, 0.15) is 21.5 Å². The number of rotatable bonds is 7. The summed E-state index contributed by atoms with van der Waals surface area (Å²) in [7, 11) is 1.52. The highest BCUT2D eigenvalue weighted by molar-refractivity contribution is 6.30. The lowest BCUT2D eigenvalue weighted by Gasteiger charge is -2.08. The Kier molecular flexibility index (Phi) is 6.15. The van der Waals surface area contributed by atoms with Gasteiger partial charge in [0.15, 0.2) is 0 Å². The molecule has 2 aromatic carbocycles. The van der Waals surface area contributed by atoms with E-state index in [1.54, 1.807) is 42.5 Å². The molecule has 1 N–H and O–H groups in total. The largest absolute Gasteiger partial charge is 0.496 e. The van der Waals surface area contributed by atoms with Crippen LogP contribution in [0.4, 0.5) is 5.95 Å². The maximum atomic E-state index is 12.1. The molecule has 3 aromatic rings. The number of nitrogens with zero attached hydrogens (tertiary/aromatic N) is 5. The number of halogens is 1. The van der Waals surface area contributed by atoms with Crippen LogP contribution in [0.25, 0.3) is 0 Å². The van der Waals surface area contributed by atoms with Gasteiger partial charge in [0.1, 0.15) is 5.75 Å². The molecular formula is C18H15ClN6O4. The smallest absolute Gasteiger partial charge is 0.490 e. The van der Waals surface area contributed by atoms with Gasteiger partial charge in [-0.25, -0.2) is 5.43 Å². The monoisotopic (exact) mass is 414 g/mol. The Labute approximate surface area is 169 Å². The lowest BCUT2D eigenvalue weighted by atomic mass is 10.1. The molecule has 0 atom stereocenters. The molecule has 1 heterocycles. The molecule has 0 unspecified atom stereocenters. The summed E-state index contributed by atoms with van der Waals surface area (Å²) in [6.07, 6.45) is 2.74. The first kappa shape index (κ1) is 20.0. The molecule has 10 nitrogen and oxygen atoms in total. The number of hydrogen-bond acceptors (Lipinski definition) is 7. The van der Waals surface area contributed by atoms with Gasteiger partial charge in [-0.1, -0.05) is 16.6 Å². The first-order chi connectivity index (χ1) is 14.0. The second kappa shape index (κ2) is 8.93. The van der Waals surface area contributed by atoms with Crippen LogP contribution < -0.4 is 10.2 Å². The average Bonchev–Trinajstić information content (AvgIpc) is 3.17. The van der Waals surface area contributed by atoms with E-state index in [2.05, 4.69) is 20.6 Å². The number of ether oxygens (including phenoxy) is 1. The van der Waals surface area contributed by atoms with Crippen molar-refractivity contribution in [1.82, 2.24) is 20.2 Å². The number of nitrogens with one attached hydrogen (secondary N) is 1. The Morgan fingerprint density at radius 2 is 2.10 bits per heavy atom. The van der Waals surface area contributed by atoms with Gasteiger partial charge >= 0.3 is 5.95 Å². The Morgan fingerprint density at radius 3 is 2.76 bits per heavy atom. The molecule has 148 valence electrons. The van der Waals surface area contributed by atoms with Gasteiger partial charge in [-0.2, -0.15) is 9.78 Å². The summed E-state index contributed by atoms with van der Waals surface area (Å²) in [5.74, 6) is -0.279. The SMILES string of the molecule is COc1ccc(/C=N\NC(=O)c2ccc(Cl)cc2)cc1Cn1cnc([N+](=O)[O-])n1. The standard InChI is InChI=1S/C18H15ClN6O4/c1-29-16-7-2-12(8-14(16)10-24-11-20-18(23-24)25(27)28)9-21-22-17(26)13-3-5-15(19)6-4-13/h2-9,11H,10H2,1H3,(H,22,26)/b21-9-. The first-order valence-electron chi connectivity index (χ1n) is 8.26. The van der Waals surface area contributed by atoms with Crippen molar-refractivity contribution < 1.29 is 14.5 Å². The predicted octanol–water partition coefficient (Wildman–Crippen LogP) is 2.66. The van der Waals surface area contributed by atoms with E-state index in [0.29, 0.717) is 27.5 Å². The fourth-order valence-corrected chi connectivity index (χ4v) is 2.58. The van der Waals surface area contributed by atoms with Gasteiger partial charge in [0.2, 0.25) is 6.33 Å². The number of amides is 1. The number of carbonyl (C=O) groups excluding carboxylic acids is 1. The molecule has 0 saturated heterocycles. The second-order valence-electron chi connectivity index (χ2n) is 5.78. The summed E-state index contributed by atoms with van der Waals surface area (Å²) >= 11 is 5.80. The summed E-state index contributed by atoms with van der Waals surface area (Å²) in [4.78, 5) is 25.7. The van der Waals surface area contributed by atoms with Gasteiger partial charge in [0.05, 0.1) is 19.9 Å². The average molecular weight is 415 g/mol. The van der Waals surface area contributed by atoms with E-state index in [-0.39, 0.29) is 12.5 Å². The zero-order chi connectivity index (χ0) is 20.8. The highest BCUT2D eigenvalue weighted by Gasteiger charge is 2.15. The van der Waals surface area contributed by atoms with E-state index in [9.17, 15) is 14.9 Å². The first-order valence-corrected chi connectivity index (χ1v) is 8.64. The second-order valence-corrected chi connectivity index (χ2v) is 6.21. The van der Waals surface area contributed by atoms with E-state index in [0.717, 1.165) is 0 Å². The van der Waals surface area contributed by atoms with Crippen LogP contribution in [-0.4, -0.2) is 38.9 Å². The van der Waals surface area contributed by atoms with E-state index in [1.807, 2.05) is 0 Å². The summed E-state index contributed by atoms with van der Waals surface area (Å²) in [6.45, 7) is 0.211. The van der Waals surface area contributed by atoms with Crippen LogP contribution in [0.2, 0.25) is 5.02 Å². The summed E-state index contributed by atoms with van der Waals surface area (Å²) in [5, 5.41) is 19.0. The Bertz CT molecular complexity index is 1060. The molecule has 0 aliphatic carbocycles. The molecule has 3 rings (SSSR count). The lowest BCUT2D eigenvalue weighted by molar-refractivity contribution is -0.394. The Hall–Kier alpha value is -3.79. The van der Waals surface area contributed by atoms with E-state index < -0.39 is 10.9 Å². The van der Waals surface area contributed by atoms with E-state index in [4.69, 9.17) is 16.3 Å². The fourth-order valence-electron chi connectivity index (χ4n) is 2.45. The van der Waals surface area contributed by atoms with Crippen molar-refractivity contribution >= 4 is 29.7 Å². The Morgan fingerprint density at radius 1 is 1.34 bits per heavy atom. The van der Waals surface area contributed by atoms with Gasteiger partial charge in [-0.15, -0.1) is 0 Å². The minimum atomic E-state index is -0.666. The molecule has 0 saturated carbocycles. The minimum absolute atomic E-state index is 0.211. The molecular weight excluding hydrogens is 400 g/mol. The van der Waals surface area contributed by atoms with Crippen LogP contribution in [0.5, 0.6) is 5.75 Å². The number of aromatic nitrogens is 3. The summed E-state index contributed by atoms with van der Waals surface area (Å²) in [6, 6.07) is 11.7. The zero-order valence-corrected chi connectivity index (χ0v) is 15.9. The lowest BCUT2D eigenvalue weighted by Crippen LogP contribution is -2.17. The third kappa shape index (κ3) is 5.14. The van der Waals surface area contributed by atoms with Crippen LogP contribution >= 0.6 is 11.6 Å². The van der Waals surface area contributed by atoms with Crippen molar-refractivity contribution in [1.29, 1.82) is 0 Å². The molecule has 0 radical (unpaired) electrons. The molecule has 29 heavy (non-hydrogen) atoms. The van der Waals surface area contributed by atoms with E-state index in [1.165, 1.54) is 24.3 Å². The highest BCUT2D eigenvalue weighted by atomic mass is 35.5.